The zero-order valence-corrected chi connectivity index (χ0v) is 13.8. The summed E-state index contributed by atoms with van der Waals surface area (Å²) in [6.45, 7) is 12.3. The van der Waals surface area contributed by atoms with E-state index >= 15 is 0 Å². The Morgan fingerprint density at radius 2 is 1.50 bits per heavy atom. The predicted octanol–water partition coefficient (Wildman–Crippen LogP) is 4.87. The molecule has 1 aromatic rings. The normalized spacial score (nSPS) is 10.4. The molecule has 114 valence electrons. The quantitative estimate of drug-likeness (QED) is 0.718. The fraction of sp³-hybridized carbons (Fsp3) is 0.611. The van der Waals surface area contributed by atoms with Crippen LogP contribution in [0.4, 0.5) is 0 Å². The molecule has 0 unspecified atom stereocenters. The van der Waals surface area contributed by atoms with E-state index < -0.39 is 0 Å². The van der Waals surface area contributed by atoms with Gasteiger partial charge in [0.15, 0.2) is 0 Å². The Bertz CT molecular complexity index is 347. The minimum Gasteiger partial charge on any atom is -0.462 e. The van der Waals surface area contributed by atoms with E-state index in [1.165, 1.54) is 5.56 Å². The van der Waals surface area contributed by atoms with Crippen LogP contribution in [0.3, 0.4) is 0 Å². The molecular weight excluding hydrogens is 248 g/mol. The molecule has 2 nitrogen and oxygen atoms in total. The molecule has 2 heteroatoms. The van der Waals surface area contributed by atoms with Gasteiger partial charge in [0.05, 0.1) is 0 Å². The molecule has 0 aromatic heterocycles. The number of carbonyl (C=O) groups is 1. The van der Waals surface area contributed by atoms with Crippen molar-refractivity contribution in [2.24, 2.45) is 11.8 Å². The third kappa shape index (κ3) is 7.98. The van der Waals surface area contributed by atoms with Crippen molar-refractivity contribution >= 4 is 5.97 Å². The monoisotopic (exact) mass is 278 g/mol. The summed E-state index contributed by atoms with van der Waals surface area (Å²) in [5, 5.41) is 0. The number of benzene rings is 1. The Labute approximate surface area is 124 Å². The molecule has 0 saturated carbocycles. The maximum atomic E-state index is 11.0. The SMILES string of the molecule is CCC(=O)OC(C(C)C)C(C)C.CCc1ccccc1. The molecular formula is C18H30O2. The third-order valence-corrected chi connectivity index (χ3v) is 3.12. The van der Waals surface area contributed by atoms with Crippen LogP contribution in [-0.4, -0.2) is 12.1 Å². The van der Waals surface area contributed by atoms with Gasteiger partial charge in [0, 0.05) is 6.42 Å². The van der Waals surface area contributed by atoms with Gasteiger partial charge in [-0.15, -0.1) is 0 Å². The highest BCUT2D eigenvalue weighted by atomic mass is 16.5. The molecule has 1 rings (SSSR count). The van der Waals surface area contributed by atoms with Crippen molar-refractivity contribution in [2.75, 3.05) is 0 Å². The number of hydrogen-bond donors (Lipinski definition) is 0. The second-order valence-electron chi connectivity index (χ2n) is 5.64. The summed E-state index contributed by atoms with van der Waals surface area (Å²) in [4.78, 5) is 11.0. The van der Waals surface area contributed by atoms with Gasteiger partial charge < -0.3 is 4.74 Å². The van der Waals surface area contributed by atoms with Gasteiger partial charge in [0.2, 0.25) is 0 Å². The highest BCUT2D eigenvalue weighted by Gasteiger charge is 2.20. The minimum absolute atomic E-state index is 0.0671. The van der Waals surface area contributed by atoms with Crippen LogP contribution < -0.4 is 0 Å². The molecule has 20 heavy (non-hydrogen) atoms. The van der Waals surface area contributed by atoms with E-state index in [-0.39, 0.29) is 12.1 Å². The van der Waals surface area contributed by atoms with Crippen LogP contribution in [-0.2, 0) is 16.0 Å². The zero-order valence-electron chi connectivity index (χ0n) is 13.8. The Hall–Kier alpha value is -1.31. The molecule has 1 aromatic carbocycles. The molecule has 0 aliphatic carbocycles. The van der Waals surface area contributed by atoms with Crippen LogP contribution in [0.5, 0.6) is 0 Å². The van der Waals surface area contributed by atoms with Crippen molar-refractivity contribution in [2.45, 2.75) is 60.5 Å². The first-order valence-corrected chi connectivity index (χ1v) is 7.65. The van der Waals surface area contributed by atoms with Crippen LogP contribution in [0.25, 0.3) is 0 Å². The smallest absolute Gasteiger partial charge is 0.305 e. The molecule has 0 atom stereocenters. The highest BCUT2D eigenvalue weighted by Crippen LogP contribution is 2.16. The van der Waals surface area contributed by atoms with E-state index in [9.17, 15) is 4.79 Å². The van der Waals surface area contributed by atoms with Crippen molar-refractivity contribution < 1.29 is 9.53 Å². The van der Waals surface area contributed by atoms with E-state index in [4.69, 9.17) is 4.74 Å². The number of rotatable bonds is 5. The lowest BCUT2D eigenvalue weighted by molar-refractivity contribution is -0.153. The topological polar surface area (TPSA) is 26.3 Å². The number of esters is 1. The largest absolute Gasteiger partial charge is 0.462 e. The van der Waals surface area contributed by atoms with E-state index in [0.29, 0.717) is 18.3 Å². The summed E-state index contributed by atoms with van der Waals surface area (Å²) in [6.07, 6.45) is 1.67. The van der Waals surface area contributed by atoms with Crippen LogP contribution >= 0.6 is 0 Å². The molecule has 0 aliphatic rings. The lowest BCUT2D eigenvalue weighted by atomic mass is 9.96. The predicted molar refractivity (Wildman–Crippen MR) is 85.7 cm³/mol. The Kier molecular flexibility index (Phi) is 9.79. The first-order chi connectivity index (χ1) is 9.42. The van der Waals surface area contributed by atoms with Gasteiger partial charge in [-0.05, 0) is 23.8 Å². The maximum absolute atomic E-state index is 11.0. The van der Waals surface area contributed by atoms with E-state index in [1.807, 2.05) is 13.0 Å². The fourth-order valence-corrected chi connectivity index (χ4v) is 1.99. The summed E-state index contributed by atoms with van der Waals surface area (Å²) in [7, 11) is 0. The molecule has 0 spiro atoms. The fourth-order valence-electron chi connectivity index (χ4n) is 1.99. The second kappa shape index (κ2) is 10.5. The lowest BCUT2D eigenvalue weighted by Gasteiger charge is -2.24. The second-order valence-corrected chi connectivity index (χ2v) is 5.64. The van der Waals surface area contributed by atoms with Crippen LogP contribution in [0.2, 0.25) is 0 Å². The van der Waals surface area contributed by atoms with E-state index in [1.54, 1.807) is 0 Å². The summed E-state index contributed by atoms with van der Waals surface area (Å²) in [5.74, 6) is 0.711. The van der Waals surface area contributed by atoms with Gasteiger partial charge in [-0.1, -0.05) is 71.9 Å². The molecule has 0 radical (unpaired) electrons. The van der Waals surface area contributed by atoms with Gasteiger partial charge in [-0.25, -0.2) is 0 Å². The maximum Gasteiger partial charge on any atom is 0.305 e. The molecule has 0 bridgehead atoms. The molecule has 0 aliphatic heterocycles. The number of carbonyl (C=O) groups excluding carboxylic acids is 1. The third-order valence-electron chi connectivity index (χ3n) is 3.12. The van der Waals surface area contributed by atoms with Gasteiger partial charge in [-0.2, -0.15) is 0 Å². The van der Waals surface area contributed by atoms with Gasteiger partial charge in [-0.3, -0.25) is 4.79 Å². The minimum atomic E-state index is -0.0950. The summed E-state index contributed by atoms with van der Waals surface area (Å²) in [6, 6.07) is 10.5. The number of hydrogen-bond acceptors (Lipinski definition) is 2. The van der Waals surface area contributed by atoms with Crippen molar-refractivity contribution in [3.8, 4) is 0 Å². The standard InChI is InChI=1S/C10H20O2.C8H10/c1-6-9(11)12-10(7(2)3)8(4)5;1-2-8-6-4-3-5-7-8/h7-8,10H,6H2,1-5H3;3-7H,2H2,1H3. The van der Waals surface area contributed by atoms with Gasteiger partial charge in [0.1, 0.15) is 6.10 Å². The zero-order chi connectivity index (χ0) is 15.5. The van der Waals surface area contributed by atoms with Crippen molar-refractivity contribution in [3.63, 3.8) is 0 Å². The van der Waals surface area contributed by atoms with Crippen LogP contribution in [0.1, 0.15) is 53.5 Å². The summed E-state index contributed by atoms with van der Waals surface area (Å²) < 4.78 is 5.28. The van der Waals surface area contributed by atoms with Crippen LogP contribution in [0, 0.1) is 11.8 Å². The average Bonchev–Trinajstić information content (AvgIpc) is 2.45. The van der Waals surface area contributed by atoms with Gasteiger partial charge in [0.25, 0.3) is 0 Å². The molecule has 0 heterocycles. The van der Waals surface area contributed by atoms with E-state index in [0.717, 1.165) is 6.42 Å². The number of aryl methyl sites for hydroxylation is 1. The Morgan fingerprint density at radius 1 is 1.00 bits per heavy atom. The molecule has 0 saturated heterocycles. The Morgan fingerprint density at radius 3 is 1.80 bits per heavy atom. The average molecular weight is 278 g/mol. The first-order valence-electron chi connectivity index (χ1n) is 7.65. The highest BCUT2D eigenvalue weighted by molar-refractivity contribution is 5.69. The molecule has 0 amide bonds. The van der Waals surface area contributed by atoms with Crippen molar-refractivity contribution in [1.82, 2.24) is 0 Å². The van der Waals surface area contributed by atoms with Crippen LogP contribution in [0.15, 0.2) is 30.3 Å². The summed E-state index contributed by atoms with van der Waals surface area (Å²) >= 11 is 0. The van der Waals surface area contributed by atoms with Crippen molar-refractivity contribution in [3.05, 3.63) is 35.9 Å². The lowest BCUT2D eigenvalue weighted by Crippen LogP contribution is -2.28. The molecule has 0 N–H and O–H groups in total. The van der Waals surface area contributed by atoms with Crippen molar-refractivity contribution in [1.29, 1.82) is 0 Å². The van der Waals surface area contributed by atoms with Gasteiger partial charge >= 0.3 is 5.97 Å². The summed E-state index contributed by atoms with van der Waals surface area (Å²) in [5.41, 5.74) is 1.41. The Balaban J connectivity index is 0.000000388. The number of ether oxygens (including phenoxy) is 1. The van der Waals surface area contributed by atoms with E-state index in [2.05, 4.69) is 58.9 Å². The first kappa shape index (κ1) is 18.7. The molecule has 0 fully saturated rings.